The summed E-state index contributed by atoms with van der Waals surface area (Å²) >= 11 is 19.4. The van der Waals surface area contributed by atoms with Gasteiger partial charge in [-0.1, -0.05) is 34.8 Å². The Morgan fingerprint density at radius 3 is 2.69 bits per heavy atom. The minimum Gasteiger partial charge on any atom is -0.462 e. The highest BCUT2D eigenvalue weighted by atomic mass is 35.5. The number of carbonyl (C=O) groups is 1. The fourth-order valence-corrected chi connectivity index (χ4v) is 3.15. The Balaban J connectivity index is 2.53. The lowest BCUT2D eigenvalue weighted by atomic mass is 10.2. The molecule has 0 atom stereocenters. The lowest BCUT2D eigenvalue weighted by Crippen LogP contribution is -1.84. The van der Waals surface area contributed by atoms with Crippen LogP contribution in [-0.2, 0) is 16.1 Å². The standard InChI is InChI=1S/C10H5Cl3O2S/c11-7-2-8-6(9(12)10(7)13)1-5(16-8)3-15-4-14/h1-2,4H,3H2. The average Bonchev–Trinajstić information content (AvgIpc) is 2.66. The monoisotopic (exact) mass is 294 g/mol. The molecule has 1 aromatic heterocycles. The molecule has 2 aromatic rings. The summed E-state index contributed by atoms with van der Waals surface area (Å²) in [5.41, 5.74) is 0. The molecule has 84 valence electrons. The van der Waals surface area contributed by atoms with Crippen LogP contribution >= 0.6 is 46.1 Å². The van der Waals surface area contributed by atoms with Crippen molar-refractivity contribution in [2.24, 2.45) is 0 Å². The van der Waals surface area contributed by atoms with Gasteiger partial charge >= 0.3 is 0 Å². The second-order valence-electron chi connectivity index (χ2n) is 3.02. The quantitative estimate of drug-likeness (QED) is 0.614. The van der Waals surface area contributed by atoms with Crippen LogP contribution in [-0.4, -0.2) is 6.47 Å². The first-order valence-electron chi connectivity index (χ1n) is 4.24. The molecule has 2 rings (SSSR count). The van der Waals surface area contributed by atoms with Crippen LogP contribution in [0.25, 0.3) is 10.1 Å². The molecular formula is C10H5Cl3O2S. The topological polar surface area (TPSA) is 26.3 Å². The molecule has 0 aliphatic heterocycles. The maximum atomic E-state index is 10.1. The van der Waals surface area contributed by atoms with Crippen molar-refractivity contribution >= 4 is 62.7 Å². The first-order valence-corrected chi connectivity index (χ1v) is 6.19. The predicted molar refractivity (Wildman–Crippen MR) is 67.7 cm³/mol. The molecule has 0 saturated heterocycles. The van der Waals surface area contributed by atoms with E-state index in [9.17, 15) is 4.79 Å². The summed E-state index contributed by atoms with van der Waals surface area (Å²) in [5, 5.41) is 2.02. The maximum absolute atomic E-state index is 10.1. The predicted octanol–water partition coefficient (Wildman–Crippen LogP) is 4.53. The number of fused-ring (bicyclic) bond motifs is 1. The van der Waals surface area contributed by atoms with Crippen LogP contribution in [0.3, 0.4) is 0 Å². The van der Waals surface area contributed by atoms with E-state index in [1.165, 1.54) is 11.3 Å². The van der Waals surface area contributed by atoms with Crippen molar-refractivity contribution in [3.05, 3.63) is 32.1 Å². The Morgan fingerprint density at radius 1 is 1.25 bits per heavy atom. The zero-order chi connectivity index (χ0) is 11.7. The minimum absolute atomic E-state index is 0.231. The molecule has 0 bridgehead atoms. The van der Waals surface area contributed by atoms with Gasteiger partial charge < -0.3 is 4.74 Å². The van der Waals surface area contributed by atoms with E-state index >= 15 is 0 Å². The lowest BCUT2D eigenvalue weighted by Gasteiger charge is -1.99. The first kappa shape index (κ1) is 12.0. The van der Waals surface area contributed by atoms with E-state index in [1.54, 1.807) is 6.07 Å². The fourth-order valence-electron chi connectivity index (χ4n) is 1.33. The Hall–Kier alpha value is -0.480. The van der Waals surface area contributed by atoms with Gasteiger partial charge in [-0.2, -0.15) is 0 Å². The molecule has 0 saturated carbocycles. The molecule has 16 heavy (non-hydrogen) atoms. The molecule has 0 aliphatic carbocycles. The van der Waals surface area contributed by atoms with Gasteiger partial charge in [0, 0.05) is 15.0 Å². The van der Waals surface area contributed by atoms with Gasteiger partial charge in [-0.25, -0.2) is 0 Å². The highest BCUT2D eigenvalue weighted by molar-refractivity contribution is 7.19. The normalized spacial score (nSPS) is 10.7. The van der Waals surface area contributed by atoms with Crippen LogP contribution < -0.4 is 0 Å². The van der Waals surface area contributed by atoms with Gasteiger partial charge in [-0.15, -0.1) is 11.3 Å². The zero-order valence-electron chi connectivity index (χ0n) is 7.80. The number of benzene rings is 1. The van der Waals surface area contributed by atoms with Gasteiger partial charge in [-0.3, -0.25) is 4.79 Å². The molecule has 0 radical (unpaired) electrons. The SMILES string of the molecule is O=COCc1cc2c(Cl)c(Cl)c(Cl)cc2s1. The van der Waals surface area contributed by atoms with Crippen LogP contribution in [0.4, 0.5) is 0 Å². The first-order chi connectivity index (χ1) is 7.63. The van der Waals surface area contributed by atoms with E-state index in [4.69, 9.17) is 34.8 Å². The maximum Gasteiger partial charge on any atom is 0.293 e. The van der Waals surface area contributed by atoms with Gasteiger partial charge in [0.05, 0.1) is 15.1 Å². The third kappa shape index (κ3) is 2.13. The van der Waals surface area contributed by atoms with Crippen LogP contribution in [0, 0.1) is 0 Å². The minimum atomic E-state index is 0.231. The molecule has 0 spiro atoms. The van der Waals surface area contributed by atoms with Crippen molar-refractivity contribution < 1.29 is 9.53 Å². The van der Waals surface area contributed by atoms with Crippen LogP contribution in [0.5, 0.6) is 0 Å². The summed E-state index contributed by atoms with van der Waals surface area (Å²) in [7, 11) is 0. The van der Waals surface area contributed by atoms with Crippen molar-refractivity contribution in [2.45, 2.75) is 6.61 Å². The summed E-state index contributed by atoms with van der Waals surface area (Å²) in [4.78, 5) is 11.0. The summed E-state index contributed by atoms with van der Waals surface area (Å²) < 4.78 is 5.59. The number of hydrogen-bond donors (Lipinski definition) is 0. The molecule has 0 unspecified atom stereocenters. The number of thiophene rings is 1. The largest absolute Gasteiger partial charge is 0.462 e. The number of carbonyl (C=O) groups excluding carboxylic acids is 1. The summed E-state index contributed by atoms with van der Waals surface area (Å²) in [6.45, 7) is 0.639. The Kier molecular flexibility index (Phi) is 3.60. The Bertz CT molecular complexity index is 550. The van der Waals surface area contributed by atoms with Gasteiger partial charge in [0.1, 0.15) is 6.61 Å². The molecule has 0 fully saturated rings. The van der Waals surface area contributed by atoms with E-state index in [2.05, 4.69) is 4.74 Å². The molecule has 2 nitrogen and oxygen atoms in total. The summed E-state index contributed by atoms with van der Waals surface area (Å²) in [6, 6.07) is 3.59. The number of rotatable bonds is 3. The molecule has 6 heteroatoms. The highest BCUT2D eigenvalue weighted by Gasteiger charge is 2.12. The molecule has 1 heterocycles. The second-order valence-corrected chi connectivity index (χ2v) is 5.35. The van der Waals surface area contributed by atoms with E-state index in [-0.39, 0.29) is 6.61 Å². The van der Waals surface area contributed by atoms with Crippen molar-refractivity contribution in [1.29, 1.82) is 0 Å². The van der Waals surface area contributed by atoms with E-state index < -0.39 is 0 Å². The van der Waals surface area contributed by atoms with Crippen molar-refractivity contribution in [2.75, 3.05) is 0 Å². The average molecular weight is 296 g/mol. The number of halogens is 3. The molecule has 1 aromatic carbocycles. The van der Waals surface area contributed by atoms with E-state index in [0.717, 1.165) is 15.0 Å². The van der Waals surface area contributed by atoms with Crippen molar-refractivity contribution in [1.82, 2.24) is 0 Å². The highest BCUT2D eigenvalue weighted by Crippen LogP contribution is 2.40. The Labute approximate surface area is 111 Å². The third-order valence-corrected chi connectivity index (χ3v) is 4.33. The number of hydrogen-bond acceptors (Lipinski definition) is 3. The molecule has 0 amide bonds. The van der Waals surface area contributed by atoms with Crippen LogP contribution in [0.2, 0.25) is 15.1 Å². The lowest BCUT2D eigenvalue weighted by molar-refractivity contribution is -0.129. The molecule has 0 N–H and O–H groups in total. The molecule has 0 aliphatic rings. The van der Waals surface area contributed by atoms with Gasteiger partial charge in [0.2, 0.25) is 0 Å². The van der Waals surface area contributed by atoms with Gasteiger partial charge in [0.15, 0.2) is 0 Å². The molecular weight excluding hydrogens is 291 g/mol. The number of ether oxygens (including phenoxy) is 1. The fraction of sp³-hybridized carbons (Fsp3) is 0.100. The second kappa shape index (κ2) is 4.80. The smallest absolute Gasteiger partial charge is 0.293 e. The van der Waals surface area contributed by atoms with Crippen LogP contribution in [0.15, 0.2) is 12.1 Å². The zero-order valence-corrected chi connectivity index (χ0v) is 10.9. The summed E-state index contributed by atoms with van der Waals surface area (Å²) in [5.74, 6) is 0. The van der Waals surface area contributed by atoms with E-state index in [1.807, 2.05) is 6.07 Å². The Morgan fingerprint density at radius 2 is 2.00 bits per heavy atom. The van der Waals surface area contributed by atoms with Gasteiger partial charge in [-0.05, 0) is 12.1 Å². The van der Waals surface area contributed by atoms with E-state index in [0.29, 0.717) is 21.5 Å². The summed E-state index contributed by atoms with van der Waals surface area (Å²) in [6.07, 6.45) is 0. The van der Waals surface area contributed by atoms with Gasteiger partial charge in [0.25, 0.3) is 6.47 Å². The van der Waals surface area contributed by atoms with Crippen molar-refractivity contribution in [3.8, 4) is 0 Å². The van der Waals surface area contributed by atoms with Crippen LogP contribution in [0.1, 0.15) is 4.88 Å². The van der Waals surface area contributed by atoms with Crippen molar-refractivity contribution in [3.63, 3.8) is 0 Å². The third-order valence-electron chi connectivity index (χ3n) is 2.00.